The van der Waals surface area contributed by atoms with Gasteiger partial charge in [0.25, 0.3) is 0 Å². The maximum absolute atomic E-state index is 5.34. The van der Waals surface area contributed by atoms with Gasteiger partial charge in [0.05, 0.1) is 7.11 Å². The van der Waals surface area contributed by atoms with Crippen LogP contribution in [0.2, 0.25) is 0 Å². The number of ether oxygens (including phenoxy) is 1. The van der Waals surface area contributed by atoms with Crippen LogP contribution in [-0.2, 0) is 6.42 Å². The Kier molecular flexibility index (Phi) is 6.89. The summed E-state index contributed by atoms with van der Waals surface area (Å²) < 4.78 is 5.34. The molecular formula is C16H28N2O. The Hall–Kier alpha value is -1.06. The van der Waals surface area contributed by atoms with Crippen LogP contribution in [0.5, 0.6) is 5.75 Å². The lowest BCUT2D eigenvalue weighted by atomic mass is 10.1. The van der Waals surface area contributed by atoms with E-state index >= 15 is 0 Å². The number of rotatable bonds is 8. The first-order valence-corrected chi connectivity index (χ1v) is 7.10. The molecule has 0 atom stereocenters. The fourth-order valence-corrected chi connectivity index (χ4v) is 1.93. The molecule has 2 N–H and O–H groups in total. The molecule has 3 heteroatoms. The van der Waals surface area contributed by atoms with E-state index < -0.39 is 0 Å². The van der Waals surface area contributed by atoms with Crippen molar-refractivity contribution in [1.82, 2.24) is 10.6 Å². The van der Waals surface area contributed by atoms with Crippen LogP contribution in [0, 0.1) is 0 Å². The summed E-state index contributed by atoms with van der Waals surface area (Å²) in [6.07, 6.45) is 2.17. The first kappa shape index (κ1) is 16.0. The van der Waals surface area contributed by atoms with Gasteiger partial charge in [-0.15, -0.1) is 0 Å². The number of nitrogens with one attached hydrogen (secondary N) is 2. The van der Waals surface area contributed by atoms with Gasteiger partial charge in [0, 0.05) is 5.54 Å². The standard InChI is InChI=1S/C16H28N2O/c1-16(2,3)18-12-7-11-17-13-10-14-8-5-6-9-15(14)19-4/h5-6,8-9,17-18H,7,10-13H2,1-4H3. The van der Waals surface area contributed by atoms with E-state index in [-0.39, 0.29) is 5.54 Å². The van der Waals surface area contributed by atoms with E-state index in [0.29, 0.717) is 0 Å². The fourth-order valence-electron chi connectivity index (χ4n) is 1.93. The van der Waals surface area contributed by atoms with E-state index in [1.54, 1.807) is 7.11 Å². The predicted octanol–water partition coefficient (Wildman–Crippen LogP) is 2.61. The minimum absolute atomic E-state index is 0.220. The van der Waals surface area contributed by atoms with Crippen molar-refractivity contribution in [3.63, 3.8) is 0 Å². The Labute approximate surface area is 117 Å². The van der Waals surface area contributed by atoms with Crippen LogP contribution in [0.25, 0.3) is 0 Å². The highest BCUT2D eigenvalue weighted by atomic mass is 16.5. The molecule has 0 radical (unpaired) electrons. The second kappa shape index (κ2) is 8.18. The van der Waals surface area contributed by atoms with E-state index in [1.165, 1.54) is 5.56 Å². The monoisotopic (exact) mass is 264 g/mol. The predicted molar refractivity (Wildman–Crippen MR) is 81.9 cm³/mol. The summed E-state index contributed by atoms with van der Waals surface area (Å²) in [7, 11) is 1.73. The Morgan fingerprint density at radius 3 is 2.47 bits per heavy atom. The van der Waals surface area contributed by atoms with Crippen LogP contribution >= 0.6 is 0 Å². The molecule has 0 unspecified atom stereocenters. The molecule has 108 valence electrons. The maximum atomic E-state index is 5.34. The van der Waals surface area contributed by atoms with Crippen LogP contribution in [-0.4, -0.2) is 32.3 Å². The van der Waals surface area contributed by atoms with Crippen molar-refractivity contribution < 1.29 is 4.74 Å². The van der Waals surface area contributed by atoms with E-state index in [2.05, 4.69) is 43.5 Å². The molecule has 0 aromatic heterocycles. The Bertz CT molecular complexity index is 358. The number of benzene rings is 1. The third-order valence-corrected chi connectivity index (χ3v) is 2.95. The van der Waals surface area contributed by atoms with Crippen molar-refractivity contribution in [1.29, 1.82) is 0 Å². The van der Waals surface area contributed by atoms with Gasteiger partial charge in [-0.3, -0.25) is 0 Å². The highest BCUT2D eigenvalue weighted by molar-refractivity contribution is 5.33. The van der Waals surface area contributed by atoms with Gasteiger partial charge in [0.1, 0.15) is 5.75 Å². The number of methoxy groups -OCH3 is 1. The molecule has 0 bridgehead atoms. The van der Waals surface area contributed by atoms with Gasteiger partial charge in [-0.2, -0.15) is 0 Å². The molecule has 0 aliphatic heterocycles. The zero-order valence-electron chi connectivity index (χ0n) is 12.8. The van der Waals surface area contributed by atoms with Crippen LogP contribution in [0.3, 0.4) is 0 Å². The second-order valence-corrected chi connectivity index (χ2v) is 5.84. The van der Waals surface area contributed by atoms with Gasteiger partial charge in [-0.25, -0.2) is 0 Å². The van der Waals surface area contributed by atoms with Gasteiger partial charge in [0.15, 0.2) is 0 Å². The molecule has 0 saturated heterocycles. The molecule has 19 heavy (non-hydrogen) atoms. The van der Waals surface area contributed by atoms with Crippen molar-refractivity contribution in [2.45, 2.75) is 39.2 Å². The SMILES string of the molecule is COc1ccccc1CCNCCCNC(C)(C)C. The summed E-state index contributed by atoms with van der Waals surface area (Å²) in [5, 5.41) is 6.96. The molecule has 1 aromatic rings. The highest BCUT2D eigenvalue weighted by Gasteiger charge is 2.06. The van der Waals surface area contributed by atoms with Crippen LogP contribution in [0.15, 0.2) is 24.3 Å². The van der Waals surface area contributed by atoms with Gasteiger partial charge in [-0.05, 0) is 64.9 Å². The zero-order valence-corrected chi connectivity index (χ0v) is 12.8. The first-order chi connectivity index (χ1) is 9.03. The average Bonchev–Trinajstić information content (AvgIpc) is 2.37. The first-order valence-electron chi connectivity index (χ1n) is 7.10. The summed E-state index contributed by atoms with van der Waals surface area (Å²) in [6.45, 7) is 9.70. The molecule has 0 heterocycles. The molecule has 0 spiro atoms. The molecule has 0 saturated carbocycles. The van der Waals surface area contributed by atoms with Gasteiger partial charge in [0.2, 0.25) is 0 Å². The third-order valence-electron chi connectivity index (χ3n) is 2.95. The highest BCUT2D eigenvalue weighted by Crippen LogP contribution is 2.17. The van der Waals surface area contributed by atoms with Crippen molar-refractivity contribution in [3.8, 4) is 5.75 Å². The fraction of sp³-hybridized carbons (Fsp3) is 0.625. The van der Waals surface area contributed by atoms with E-state index in [0.717, 1.165) is 38.2 Å². The topological polar surface area (TPSA) is 33.3 Å². The number of hydrogen-bond acceptors (Lipinski definition) is 3. The van der Waals surface area contributed by atoms with Crippen LogP contribution in [0.4, 0.5) is 0 Å². The zero-order chi connectivity index (χ0) is 14.1. The lowest BCUT2D eigenvalue weighted by Gasteiger charge is -2.20. The lowest BCUT2D eigenvalue weighted by molar-refractivity contribution is 0.408. The number of para-hydroxylation sites is 1. The largest absolute Gasteiger partial charge is 0.496 e. The van der Waals surface area contributed by atoms with Gasteiger partial charge >= 0.3 is 0 Å². The summed E-state index contributed by atoms with van der Waals surface area (Å²) in [5.41, 5.74) is 1.49. The quantitative estimate of drug-likeness (QED) is 0.708. The normalized spacial score (nSPS) is 11.6. The molecule has 1 rings (SSSR count). The molecule has 1 aromatic carbocycles. The molecule has 0 amide bonds. The summed E-state index contributed by atoms with van der Waals surface area (Å²) in [6, 6.07) is 8.21. The van der Waals surface area contributed by atoms with Crippen molar-refractivity contribution in [2.24, 2.45) is 0 Å². The van der Waals surface area contributed by atoms with Gasteiger partial charge < -0.3 is 15.4 Å². The Morgan fingerprint density at radius 2 is 1.79 bits per heavy atom. The number of hydrogen-bond donors (Lipinski definition) is 2. The minimum Gasteiger partial charge on any atom is -0.496 e. The van der Waals surface area contributed by atoms with E-state index in [1.807, 2.05) is 12.1 Å². The van der Waals surface area contributed by atoms with Crippen molar-refractivity contribution in [2.75, 3.05) is 26.7 Å². The molecule has 0 aliphatic carbocycles. The van der Waals surface area contributed by atoms with Crippen molar-refractivity contribution in [3.05, 3.63) is 29.8 Å². The lowest BCUT2D eigenvalue weighted by Crippen LogP contribution is -2.37. The molecule has 0 fully saturated rings. The summed E-state index contributed by atoms with van der Waals surface area (Å²) in [4.78, 5) is 0. The van der Waals surface area contributed by atoms with E-state index in [4.69, 9.17) is 4.74 Å². The summed E-state index contributed by atoms with van der Waals surface area (Å²) >= 11 is 0. The Balaban J connectivity index is 2.11. The molecular weight excluding hydrogens is 236 g/mol. The van der Waals surface area contributed by atoms with Crippen LogP contribution < -0.4 is 15.4 Å². The maximum Gasteiger partial charge on any atom is 0.122 e. The van der Waals surface area contributed by atoms with Crippen LogP contribution in [0.1, 0.15) is 32.8 Å². The van der Waals surface area contributed by atoms with Crippen molar-refractivity contribution >= 4 is 0 Å². The summed E-state index contributed by atoms with van der Waals surface area (Å²) in [5.74, 6) is 0.985. The van der Waals surface area contributed by atoms with Gasteiger partial charge in [-0.1, -0.05) is 18.2 Å². The smallest absolute Gasteiger partial charge is 0.122 e. The second-order valence-electron chi connectivity index (χ2n) is 5.84. The average molecular weight is 264 g/mol. The molecule has 0 aliphatic rings. The minimum atomic E-state index is 0.220. The Morgan fingerprint density at radius 1 is 1.05 bits per heavy atom. The van der Waals surface area contributed by atoms with E-state index in [9.17, 15) is 0 Å². The third kappa shape index (κ3) is 7.19. The molecule has 3 nitrogen and oxygen atoms in total.